The molecule has 0 spiro atoms. The van der Waals surface area contributed by atoms with E-state index >= 15 is 0 Å². The third kappa shape index (κ3) is 4.67. The number of anilines is 1. The fraction of sp³-hybridized carbons (Fsp3) is 0.250. The van der Waals surface area contributed by atoms with Gasteiger partial charge < -0.3 is 5.32 Å². The smallest absolute Gasteiger partial charge is 0.177 e. The van der Waals surface area contributed by atoms with E-state index in [1.165, 1.54) is 12.1 Å². The van der Waals surface area contributed by atoms with Crippen molar-refractivity contribution in [3.63, 3.8) is 0 Å². The molecule has 1 N–H and O–H groups in total. The molecule has 0 bridgehead atoms. The first kappa shape index (κ1) is 20.0. The third-order valence-electron chi connectivity index (χ3n) is 3.60. The van der Waals surface area contributed by atoms with Crippen molar-refractivity contribution in [2.75, 3.05) is 17.8 Å². The van der Waals surface area contributed by atoms with Gasteiger partial charge in [0.2, 0.25) is 0 Å². The maximum absolute atomic E-state index is 12.1. The van der Waals surface area contributed by atoms with E-state index in [0.717, 1.165) is 18.6 Å². The van der Waals surface area contributed by atoms with E-state index in [-0.39, 0.29) is 15.8 Å². The van der Waals surface area contributed by atoms with Crippen LogP contribution in [-0.4, -0.2) is 29.3 Å². The Labute approximate surface area is 157 Å². The minimum absolute atomic E-state index is 0.0630. The molecule has 0 heterocycles. The van der Waals surface area contributed by atoms with Gasteiger partial charge in [0.1, 0.15) is 0 Å². The zero-order chi connectivity index (χ0) is 19.0. The molecule has 2 aromatic carbocycles. The molecule has 2 rings (SSSR count). The summed E-state index contributed by atoms with van der Waals surface area (Å²) in [5, 5.41) is 3.83. The standard InChI is InChI=1S/C16H17Cl2NO4S2/c1-10(12-5-4-6-13(17)16(12)18)19-14-8-7-11(24(2,20)21)9-15(14)25(3,22)23/h4-10,19H,1-3H3. The Morgan fingerprint density at radius 1 is 0.960 bits per heavy atom. The van der Waals surface area contributed by atoms with Gasteiger partial charge in [-0.2, -0.15) is 0 Å². The highest BCUT2D eigenvalue weighted by Gasteiger charge is 2.20. The minimum atomic E-state index is -3.65. The summed E-state index contributed by atoms with van der Waals surface area (Å²) in [7, 11) is -7.17. The Kier molecular flexibility index (Phi) is 5.73. The van der Waals surface area contributed by atoms with Crippen LogP contribution >= 0.6 is 23.2 Å². The highest BCUT2D eigenvalue weighted by atomic mass is 35.5. The van der Waals surface area contributed by atoms with Gasteiger partial charge in [-0.05, 0) is 36.8 Å². The number of hydrogen-bond acceptors (Lipinski definition) is 5. The van der Waals surface area contributed by atoms with Gasteiger partial charge in [-0.15, -0.1) is 0 Å². The molecule has 136 valence electrons. The maximum atomic E-state index is 12.1. The van der Waals surface area contributed by atoms with Gasteiger partial charge >= 0.3 is 0 Å². The molecule has 1 atom stereocenters. The van der Waals surface area contributed by atoms with Crippen molar-refractivity contribution >= 4 is 48.6 Å². The number of rotatable bonds is 5. The van der Waals surface area contributed by atoms with Crippen molar-refractivity contribution in [1.82, 2.24) is 0 Å². The summed E-state index contributed by atoms with van der Waals surface area (Å²) < 4.78 is 47.6. The Hall–Kier alpha value is -1.28. The van der Waals surface area contributed by atoms with Crippen LogP contribution in [0.25, 0.3) is 0 Å². The van der Waals surface area contributed by atoms with Gasteiger partial charge in [0, 0.05) is 12.5 Å². The minimum Gasteiger partial charge on any atom is -0.377 e. The van der Waals surface area contributed by atoms with Crippen molar-refractivity contribution in [1.29, 1.82) is 0 Å². The number of nitrogens with one attached hydrogen (secondary N) is 1. The summed E-state index contributed by atoms with van der Waals surface area (Å²) in [5.74, 6) is 0. The molecule has 0 aromatic heterocycles. The van der Waals surface area contributed by atoms with Crippen molar-refractivity contribution in [2.45, 2.75) is 22.8 Å². The van der Waals surface area contributed by atoms with Crippen molar-refractivity contribution in [2.24, 2.45) is 0 Å². The molecular formula is C16H17Cl2NO4S2. The number of hydrogen-bond donors (Lipinski definition) is 1. The molecule has 0 aliphatic heterocycles. The van der Waals surface area contributed by atoms with Crippen molar-refractivity contribution in [3.05, 3.63) is 52.0 Å². The Morgan fingerprint density at radius 3 is 2.16 bits per heavy atom. The van der Waals surface area contributed by atoms with Crippen LogP contribution in [0.1, 0.15) is 18.5 Å². The number of sulfone groups is 2. The lowest BCUT2D eigenvalue weighted by molar-refractivity contribution is 0.600. The zero-order valence-corrected chi connectivity index (χ0v) is 16.9. The summed E-state index contributed by atoms with van der Waals surface area (Å²) in [6.07, 6.45) is 2.05. The highest BCUT2D eigenvalue weighted by Crippen LogP contribution is 2.33. The number of halogens is 2. The van der Waals surface area contributed by atoms with E-state index < -0.39 is 19.7 Å². The first-order chi connectivity index (χ1) is 11.4. The molecule has 0 radical (unpaired) electrons. The summed E-state index contributed by atoms with van der Waals surface area (Å²) in [5.41, 5.74) is 0.985. The van der Waals surface area contributed by atoms with E-state index in [2.05, 4.69) is 5.32 Å². The van der Waals surface area contributed by atoms with Crippen LogP contribution < -0.4 is 5.32 Å². The fourth-order valence-electron chi connectivity index (χ4n) is 2.33. The molecule has 9 heteroatoms. The molecule has 0 amide bonds. The molecular weight excluding hydrogens is 405 g/mol. The van der Waals surface area contributed by atoms with Crippen LogP contribution in [0.15, 0.2) is 46.2 Å². The number of benzene rings is 2. The molecule has 0 saturated carbocycles. The van der Waals surface area contributed by atoms with Gasteiger partial charge in [0.15, 0.2) is 19.7 Å². The Bertz CT molecular complexity index is 1020. The Morgan fingerprint density at radius 2 is 1.60 bits per heavy atom. The topological polar surface area (TPSA) is 80.3 Å². The first-order valence-electron chi connectivity index (χ1n) is 7.16. The van der Waals surface area contributed by atoms with Crippen molar-refractivity contribution in [3.8, 4) is 0 Å². The SMILES string of the molecule is CC(Nc1ccc(S(C)(=O)=O)cc1S(C)(=O)=O)c1cccc(Cl)c1Cl. The molecule has 2 aromatic rings. The van der Waals surface area contributed by atoms with Gasteiger partial charge in [-0.3, -0.25) is 0 Å². The van der Waals surface area contributed by atoms with Gasteiger partial charge in [0.05, 0.1) is 31.6 Å². The van der Waals surface area contributed by atoms with Gasteiger partial charge in [-0.25, -0.2) is 16.8 Å². The van der Waals surface area contributed by atoms with Crippen LogP contribution in [0.4, 0.5) is 5.69 Å². The summed E-state index contributed by atoms with van der Waals surface area (Å²) in [4.78, 5) is -0.160. The lowest BCUT2D eigenvalue weighted by atomic mass is 10.1. The van der Waals surface area contributed by atoms with Gasteiger partial charge in [-0.1, -0.05) is 35.3 Å². The molecule has 0 fully saturated rings. The fourth-order valence-corrected chi connectivity index (χ4v) is 4.39. The predicted molar refractivity (Wildman–Crippen MR) is 101 cm³/mol. The zero-order valence-electron chi connectivity index (χ0n) is 13.7. The van der Waals surface area contributed by atoms with Crippen LogP contribution in [-0.2, 0) is 19.7 Å². The second kappa shape index (κ2) is 7.15. The summed E-state index contributed by atoms with van der Waals surface area (Å²) in [6.45, 7) is 1.80. The van der Waals surface area contributed by atoms with Crippen LogP contribution in [0.5, 0.6) is 0 Å². The average molecular weight is 422 g/mol. The summed E-state index contributed by atoms with van der Waals surface area (Å²) >= 11 is 12.2. The highest BCUT2D eigenvalue weighted by molar-refractivity contribution is 7.91. The molecule has 0 aliphatic rings. The quantitative estimate of drug-likeness (QED) is 0.789. The molecule has 0 saturated heterocycles. The van der Waals surface area contributed by atoms with E-state index in [9.17, 15) is 16.8 Å². The van der Waals surface area contributed by atoms with E-state index in [1.54, 1.807) is 25.1 Å². The predicted octanol–water partition coefficient (Wildman–Crippen LogP) is 3.97. The van der Waals surface area contributed by atoms with Crippen LogP contribution in [0.3, 0.4) is 0 Å². The van der Waals surface area contributed by atoms with Crippen LogP contribution in [0.2, 0.25) is 10.0 Å². The first-order valence-corrected chi connectivity index (χ1v) is 11.7. The molecule has 1 unspecified atom stereocenters. The third-order valence-corrected chi connectivity index (χ3v) is 6.68. The molecule has 5 nitrogen and oxygen atoms in total. The maximum Gasteiger partial charge on any atom is 0.177 e. The monoisotopic (exact) mass is 421 g/mol. The van der Waals surface area contributed by atoms with E-state index in [4.69, 9.17) is 23.2 Å². The van der Waals surface area contributed by atoms with Crippen molar-refractivity contribution < 1.29 is 16.8 Å². The second-order valence-electron chi connectivity index (χ2n) is 5.71. The van der Waals surface area contributed by atoms with E-state index in [1.807, 2.05) is 0 Å². The second-order valence-corrected chi connectivity index (χ2v) is 10.5. The average Bonchev–Trinajstić information content (AvgIpc) is 2.48. The largest absolute Gasteiger partial charge is 0.377 e. The molecule has 25 heavy (non-hydrogen) atoms. The van der Waals surface area contributed by atoms with Crippen LogP contribution in [0, 0.1) is 0 Å². The lowest BCUT2D eigenvalue weighted by Crippen LogP contribution is -2.12. The Balaban J connectivity index is 2.51. The van der Waals surface area contributed by atoms with E-state index in [0.29, 0.717) is 21.3 Å². The molecule has 0 aliphatic carbocycles. The lowest BCUT2D eigenvalue weighted by Gasteiger charge is -2.20. The summed E-state index contributed by atoms with van der Waals surface area (Å²) in [6, 6.07) is 8.77. The van der Waals surface area contributed by atoms with Gasteiger partial charge in [0.25, 0.3) is 0 Å². The normalized spacial score (nSPS) is 13.5.